The Bertz CT molecular complexity index is 1380. The van der Waals surface area contributed by atoms with Gasteiger partial charge in [-0.25, -0.2) is 14.7 Å². The van der Waals surface area contributed by atoms with Gasteiger partial charge in [0.25, 0.3) is 0 Å². The van der Waals surface area contributed by atoms with Crippen molar-refractivity contribution in [2.24, 2.45) is 58.7 Å². The summed E-state index contributed by atoms with van der Waals surface area (Å²) in [6.45, 7) is 10.2. The second-order valence-electron chi connectivity index (χ2n) is 21.1. The molecule has 350 valence electrons. The van der Waals surface area contributed by atoms with Crippen molar-refractivity contribution in [2.75, 3.05) is 27.4 Å². The van der Waals surface area contributed by atoms with Gasteiger partial charge in [-0.2, -0.15) is 0 Å². The van der Waals surface area contributed by atoms with Crippen LogP contribution in [0.2, 0.25) is 0 Å². The molecular formula is C48H82N2O11. The van der Waals surface area contributed by atoms with E-state index < -0.39 is 17.8 Å². The van der Waals surface area contributed by atoms with E-state index in [9.17, 15) is 24.7 Å². The summed E-state index contributed by atoms with van der Waals surface area (Å²) in [5, 5.41) is 26.2. The lowest BCUT2D eigenvalue weighted by molar-refractivity contribution is -0.281. The molecule has 6 rings (SSSR count). The first kappa shape index (κ1) is 48.6. The van der Waals surface area contributed by atoms with Gasteiger partial charge in [0.2, 0.25) is 5.91 Å². The SMILES string of the molecule is COOCC1CCC(C(=O)O)C(C(=O)NC2CCC(OC3CCC(C(C)(C)C4CCC(OC5CCC(NC6CC(C(=O)OC)CCC6COO)C(C)C5)CC4)CC3)CC2C)C1. The Hall–Kier alpha value is -1.87. The minimum atomic E-state index is -0.888. The molecule has 6 saturated carbocycles. The minimum absolute atomic E-state index is 0.0364. The first-order valence-corrected chi connectivity index (χ1v) is 24.4. The molecule has 4 N–H and O–H groups in total. The Morgan fingerprint density at radius 3 is 1.72 bits per heavy atom. The summed E-state index contributed by atoms with van der Waals surface area (Å²) >= 11 is 0. The Kier molecular flexibility index (Phi) is 18.2. The number of carboxylic acids is 1. The van der Waals surface area contributed by atoms with Crippen LogP contribution in [0.15, 0.2) is 0 Å². The number of rotatable bonds is 17. The summed E-state index contributed by atoms with van der Waals surface area (Å²) < 4.78 is 18.7. The Morgan fingerprint density at radius 2 is 1.20 bits per heavy atom. The predicted octanol–water partition coefficient (Wildman–Crippen LogP) is 8.13. The minimum Gasteiger partial charge on any atom is -0.481 e. The second kappa shape index (κ2) is 22.8. The maximum Gasteiger partial charge on any atom is 0.308 e. The number of hydrogen-bond acceptors (Lipinski definition) is 11. The van der Waals surface area contributed by atoms with Crippen LogP contribution in [0.1, 0.15) is 156 Å². The molecular weight excluding hydrogens is 781 g/mol. The largest absolute Gasteiger partial charge is 0.481 e. The number of esters is 1. The topological polar surface area (TPSA) is 171 Å². The number of nitrogens with one attached hydrogen (secondary N) is 2. The van der Waals surface area contributed by atoms with Crippen molar-refractivity contribution >= 4 is 17.8 Å². The molecule has 0 radical (unpaired) electrons. The standard InChI is InChI=1S/C48H82N2O11/c1-29-23-38(18-21-42(29)49-44-26-32(47(54)56-5)8-9-33(44)28-58-55)60-36-14-10-34(11-15-36)48(3,4)35-12-16-37(17-13-35)61-39-19-22-43(30(2)24-39)50-45(51)41-25-31(27-59-57-6)7-20-40(41)46(52)53/h29-44,49,55H,7-28H2,1-6H3,(H,50,51)(H,52,53). The van der Waals surface area contributed by atoms with Gasteiger partial charge in [-0.3, -0.25) is 19.6 Å². The van der Waals surface area contributed by atoms with Crippen molar-refractivity contribution in [1.29, 1.82) is 0 Å². The van der Waals surface area contributed by atoms with Crippen molar-refractivity contribution in [1.82, 2.24) is 10.6 Å². The first-order chi connectivity index (χ1) is 29.3. The zero-order valence-electron chi connectivity index (χ0n) is 38.4. The number of carbonyl (C=O) groups excluding carboxylic acids is 2. The lowest BCUT2D eigenvalue weighted by Crippen LogP contribution is -2.52. The zero-order valence-corrected chi connectivity index (χ0v) is 38.4. The van der Waals surface area contributed by atoms with Crippen molar-refractivity contribution in [2.45, 2.75) is 199 Å². The Labute approximate surface area is 366 Å². The highest BCUT2D eigenvalue weighted by molar-refractivity contribution is 5.85. The fourth-order valence-corrected chi connectivity index (χ4v) is 13.0. The van der Waals surface area contributed by atoms with Crippen LogP contribution >= 0.6 is 0 Å². The zero-order chi connectivity index (χ0) is 43.7. The van der Waals surface area contributed by atoms with Gasteiger partial charge in [0.05, 0.1) is 69.6 Å². The number of ether oxygens (including phenoxy) is 3. The number of methoxy groups -OCH3 is 1. The van der Waals surface area contributed by atoms with E-state index in [1.165, 1.54) is 39.9 Å². The first-order valence-electron chi connectivity index (χ1n) is 24.4. The van der Waals surface area contributed by atoms with E-state index >= 15 is 0 Å². The summed E-state index contributed by atoms with van der Waals surface area (Å²) in [7, 11) is 2.93. The molecule has 6 fully saturated rings. The quantitative estimate of drug-likeness (QED) is 0.0630. The molecule has 13 nitrogen and oxygen atoms in total. The van der Waals surface area contributed by atoms with Crippen LogP contribution in [0, 0.1) is 58.7 Å². The molecule has 6 aliphatic rings. The molecule has 0 aromatic carbocycles. The lowest BCUT2D eigenvalue weighted by atomic mass is 9.60. The summed E-state index contributed by atoms with van der Waals surface area (Å²) in [6.07, 6.45) is 20.4. The molecule has 0 saturated heterocycles. The van der Waals surface area contributed by atoms with E-state index in [2.05, 4.69) is 43.2 Å². The molecule has 0 spiro atoms. The molecule has 0 aromatic heterocycles. The van der Waals surface area contributed by atoms with E-state index in [-0.39, 0.29) is 60.3 Å². The molecule has 12 unspecified atom stereocenters. The molecule has 0 heterocycles. The summed E-state index contributed by atoms with van der Waals surface area (Å²) in [5.41, 5.74) is 0.290. The molecule has 12 atom stereocenters. The lowest BCUT2D eigenvalue weighted by Gasteiger charge is -2.47. The van der Waals surface area contributed by atoms with Crippen LogP contribution in [0.3, 0.4) is 0 Å². The summed E-state index contributed by atoms with van der Waals surface area (Å²) in [5.74, 6) is -0.0246. The van der Waals surface area contributed by atoms with Crippen LogP contribution in [0.5, 0.6) is 0 Å². The molecule has 6 aliphatic carbocycles. The number of amides is 1. The summed E-state index contributed by atoms with van der Waals surface area (Å²) in [6, 6.07) is 0.515. The smallest absolute Gasteiger partial charge is 0.308 e. The second-order valence-corrected chi connectivity index (χ2v) is 21.1. The fraction of sp³-hybridized carbons (Fsp3) is 0.938. The van der Waals surface area contributed by atoms with Gasteiger partial charge in [0.15, 0.2) is 0 Å². The van der Waals surface area contributed by atoms with E-state index in [1.807, 2.05) is 0 Å². The molecule has 1 amide bonds. The van der Waals surface area contributed by atoms with Crippen LogP contribution in [-0.2, 0) is 43.3 Å². The van der Waals surface area contributed by atoms with Crippen molar-refractivity contribution in [3.63, 3.8) is 0 Å². The van der Waals surface area contributed by atoms with Gasteiger partial charge in [-0.05, 0) is 163 Å². The van der Waals surface area contributed by atoms with E-state index in [1.54, 1.807) is 0 Å². The maximum absolute atomic E-state index is 13.5. The monoisotopic (exact) mass is 863 g/mol. The highest BCUT2D eigenvalue weighted by atomic mass is 17.2. The number of aliphatic carboxylic acids is 1. The number of carbonyl (C=O) groups is 3. The molecule has 0 bridgehead atoms. The van der Waals surface area contributed by atoms with Gasteiger partial charge in [0, 0.05) is 24.0 Å². The highest BCUT2D eigenvalue weighted by Crippen LogP contribution is 2.49. The number of hydrogen-bond donors (Lipinski definition) is 4. The van der Waals surface area contributed by atoms with Crippen molar-refractivity contribution in [3.05, 3.63) is 0 Å². The van der Waals surface area contributed by atoms with Crippen LogP contribution < -0.4 is 10.6 Å². The van der Waals surface area contributed by atoms with Gasteiger partial charge < -0.3 is 30.0 Å². The summed E-state index contributed by atoms with van der Waals surface area (Å²) in [4.78, 5) is 52.3. The molecule has 13 heteroatoms. The average Bonchev–Trinajstić information content (AvgIpc) is 3.25. The predicted molar refractivity (Wildman–Crippen MR) is 230 cm³/mol. The third kappa shape index (κ3) is 12.9. The van der Waals surface area contributed by atoms with E-state index in [0.29, 0.717) is 67.0 Å². The molecule has 61 heavy (non-hydrogen) atoms. The third-order valence-electron chi connectivity index (χ3n) is 17.1. The normalized spacial score (nSPS) is 40.2. The average molecular weight is 863 g/mol. The maximum atomic E-state index is 13.5. The van der Waals surface area contributed by atoms with Crippen LogP contribution in [0.25, 0.3) is 0 Å². The van der Waals surface area contributed by atoms with Gasteiger partial charge in [-0.15, -0.1) is 0 Å². The van der Waals surface area contributed by atoms with Crippen LogP contribution in [0.4, 0.5) is 0 Å². The fourth-order valence-electron chi connectivity index (χ4n) is 13.0. The highest BCUT2D eigenvalue weighted by Gasteiger charge is 2.44. The molecule has 0 aromatic rings. The number of carboxylic acid groups (broad SMARTS) is 1. The van der Waals surface area contributed by atoms with Gasteiger partial charge in [-0.1, -0.05) is 27.7 Å². The van der Waals surface area contributed by atoms with Gasteiger partial charge in [0.1, 0.15) is 0 Å². The Morgan fingerprint density at radius 1 is 0.623 bits per heavy atom. The van der Waals surface area contributed by atoms with Crippen molar-refractivity contribution < 1.29 is 53.6 Å². The Balaban J connectivity index is 0.878. The van der Waals surface area contributed by atoms with Gasteiger partial charge >= 0.3 is 11.9 Å². The van der Waals surface area contributed by atoms with E-state index in [0.717, 1.165) is 89.9 Å². The van der Waals surface area contributed by atoms with Crippen LogP contribution in [-0.4, -0.2) is 98.2 Å². The van der Waals surface area contributed by atoms with E-state index in [4.69, 9.17) is 24.0 Å². The third-order valence-corrected chi connectivity index (χ3v) is 17.1. The van der Waals surface area contributed by atoms with Crippen molar-refractivity contribution in [3.8, 4) is 0 Å². The molecule has 0 aliphatic heterocycles.